The summed E-state index contributed by atoms with van der Waals surface area (Å²) in [6.07, 6.45) is 0.589. The first kappa shape index (κ1) is 22.4. The van der Waals surface area contributed by atoms with Crippen molar-refractivity contribution in [3.05, 3.63) is 77.6 Å². The van der Waals surface area contributed by atoms with Crippen LogP contribution in [0.25, 0.3) is 0 Å². The Bertz CT molecular complexity index is 1150. The van der Waals surface area contributed by atoms with Crippen molar-refractivity contribution >= 4 is 27.6 Å². The number of hydrogen-bond donors (Lipinski definition) is 2. The van der Waals surface area contributed by atoms with Gasteiger partial charge in [-0.25, -0.2) is 23.1 Å². The predicted octanol–water partition coefficient (Wildman–Crippen LogP) is 4.10. The summed E-state index contributed by atoms with van der Waals surface area (Å²) in [5.41, 5.74) is 2.30. The van der Waals surface area contributed by atoms with E-state index in [1.807, 2.05) is 44.2 Å². The van der Waals surface area contributed by atoms with Gasteiger partial charge in [-0.05, 0) is 56.2 Å². The van der Waals surface area contributed by atoms with E-state index in [0.29, 0.717) is 23.5 Å². The van der Waals surface area contributed by atoms with Crippen molar-refractivity contribution in [1.82, 2.24) is 9.97 Å². The van der Waals surface area contributed by atoms with Gasteiger partial charge in [0.25, 0.3) is 10.0 Å². The average molecular weight is 439 g/mol. The molecular formula is C23H26N4O3S. The number of nitrogens with one attached hydrogen (secondary N) is 2. The average Bonchev–Trinajstić information content (AvgIpc) is 2.67. The van der Waals surface area contributed by atoms with E-state index in [0.717, 1.165) is 5.56 Å². The Morgan fingerprint density at radius 1 is 0.935 bits per heavy atom. The van der Waals surface area contributed by atoms with Gasteiger partial charge in [0, 0.05) is 22.5 Å². The van der Waals surface area contributed by atoms with Gasteiger partial charge in [-0.1, -0.05) is 44.2 Å². The minimum atomic E-state index is -3.85. The summed E-state index contributed by atoms with van der Waals surface area (Å²) < 4.78 is 27.7. The van der Waals surface area contributed by atoms with Crippen molar-refractivity contribution in [3.63, 3.8) is 0 Å². The summed E-state index contributed by atoms with van der Waals surface area (Å²) in [6.45, 7) is 7.29. The number of rotatable bonds is 7. The number of carbonyl (C=O) groups excluding carboxylic acids is 1. The van der Waals surface area contributed by atoms with Crippen LogP contribution in [0.3, 0.4) is 0 Å². The van der Waals surface area contributed by atoms with Crippen molar-refractivity contribution in [3.8, 4) is 0 Å². The first-order valence-electron chi connectivity index (χ1n) is 9.86. The molecule has 8 heteroatoms. The van der Waals surface area contributed by atoms with E-state index in [-0.39, 0.29) is 16.8 Å². The monoisotopic (exact) mass is 438 g/mol. The highest BCUT2D eigenvalue weighted by molar-refractivity contribution is 7.92. The summed E-state index contributed by atoms with van der Waals surface area (Å²) in [7, 11) is -3.85. The normalized spacial score (nSPS) is 11.7. The number of carbonyl (C=O) groups is 1. The van der Waals surface area contributed by atoms with Crippen LogP contribution in [0.4, 0.5) is 11.6 Å². The molecule has 2 N–H and O–H groups in total. The zero-order chi connectivity index (χ0) is 22.6. The molecule has 0 saturated carbocycles. The third-order valence-corrected chi connectivity index (χ3v) is 6.08. The fourth-order valence-electron chi connectivity index (χ4n) is 3.15. The molecule has 2 aromatic carbocycles. The lowest BCUT2D eigenvalue weighted by atomic mass is 9.85. The van der Waals surface area contributed by atoms with Crippen LogP contribution in [0.2, 0.25) is 0 Å². The number of anilines is 2. The number of nitrogens with zero attached hydrogens (tertiary/aromatic N) is 2. The van der Waals surface area contributed by atoms with Crippen molar-refractivity contribution in [2.75, 3.05) is 10.0 Å². The Kier molecular flexibility index (Phi) is 6.40. The van der Waals surface area contributed by atoms with Gasteiger partial charge in [0.1, 0.15) is 0 Å². The standard InChI is InChI=1S/C23H26N4O3S/c1-16-14-17(2)25-22(24-16)27-31(29,30)20-12-10-19(11-13-20)26-21(28)23(3,4)15-18-8-6-5-7-9-18/h5-14H,15H2,1-4H3,(H,26,28)(H,24,25,27). The number of aromatic nitrogens is 2. The Labute approximate surface area is 183 Å². The van der Waals surface area contributed by atoms with Gasteiger partial charge in [0.15, 0.2) is 0 Å². The Morgan fingerprint density at radius 3 is 2.10 bits per heavy atom. The summed E-state index contributed by atoms with van der Waals surface area (Å²) in [5.74, 6) is -0.119. The van der Waals surface area contributed by atoms with E-state index in [2.05, 4.69) is 20.0 Å². The van der Waals surface area contributed by atoms with Gasteiger partial charge in [0.2, 0.25) is 11.9 Å². The van der Waals surface area contributed by atoms with Crippen LogP contribution in [-0.2, 0) is 21.2 Å². The van der Waals surface area contributed by atoms with Crippen molar-refractivity contribution in [2.45, 2.75) is 39.0 Å². The third kappa shape index (κ3) is 5.88. The van der Waals surface area contributed by atoms with Crippen LogP contribution < -0.4 is 10.0 Å². The van der Waals surface area contributed by atoms with Crippen molar-refractivity contribution in [2.24, 2.45) is 5.41 Å². The van der Waals surface area contributed by atoms with E-state index in [4.69, 9.17) is 0 Å². The number of aryl methyl sites for hydroxylation is 2. The van der Waals surface area contributed by atoms with E-state index >= 15 is 0 Å². The summed E-state index contributed by atoms with van der Waals surface area (Å²) in [6, 6.07) is 17.6. The molecule has 1 amide bonds. The topological polar surface area (TPSA) is 101 Å². The minimum absolute atomic E-state index is 0.0255. The molecule has 1 aromatic heterocycles. The Balaban J connectivity index is 1.69. The number of hydrogen-bond acceptors (Lipinski definition) is 5. The second-order valence-electron chi connectivity index (χ2n) is 8.10. The highest BCUT2D eigenvalue weighted by Crippen LogP contribution is 2.25. The first-order chi connectivity index (χ1) is 14.5. The number of benzene rings is 2. The molecule has 0 saturated heterocycles. The molecule has 31 heavy (non-hydrogen) atoms. The van der Waals surface area contributed by atoms with Crippen LogP contribution in [0.15, 0.2) is 65.6 Å². The molecule has 0 fully saturated rings. The van der Waals surface area contributed by atoms with Gasteiger partial charge in [-0.3, -0.25) is 4.79 Å². The lowest BCUT2D eigenvalue weighted by Crippen LogP contribution is -2.32. The largest absolute Gasteiger partial charge is 0.326 e. The Hall–Kier alpha value is -3.26. The fourth-order valence-corrected chi connectivity index (χ4v) is 4.10. The lowest BCUT2D eigenvalue weighted by Gasteiger charge is -2.23. The second kappa shape index (κ2) is 8.85. The van der Waals surface area contributed by atoms with Crippen LogP contribution in [-0.4, -0.2) is 24.3 Å². The van der Waals surface area contributed by atoms with E-state index in [9.17, 15) is 13.2 Å². The van der Waals surface area contributed by atoms with Crippen LogP contribution in [0.1, 0.15) is 30.8 Å². The van der Waals surface area contributed by atoms with E-state index < -0.39 is 15.4 Å². The molecule has 0 spiro atoms. The lowest BCUT2D eigenvalue weighted by molar-refractivity contribution is -0.123. The molecule has 0 aliphatic carbocycles. The third-order valence-electron chi connectivity index (χ3n) is 4.73. The highest BCUT2D eigenvalue weighted by Gasteiger charge is 2.28. The maximum absolute atomic E-state index is 12.8. The predicted molar refractivity (Wildman–Crippen MR) is 121 cm³/mol. The molecule has 162 valence electrons. The molecule has 0 atom stereocenters. The summed E-state index contributed by atoms with van der Waals surface area (Å²) in [5, 5.41) is 2.87. The zero-order valence-corrected chi connectivity index (χ0v) is 18.8. The SMILES string of the molecule is Cc1cc(C)nc(NS(=O)(=O)c2ccc(NC(=O)C(C)(C)Cc3ccccc3)cc2)n1. The van der Waals surface area contributed by atoms with Gasteiger partial charge in [-0.15, -0.1) is 0 Å². The van der Waals surface area contributed by atoms with Crippen molar-refractivity contribution in [1.29, 1.82) is 0 Å². The van der Waals surface area contributed by atoms with E-state index in [1.165, 1.54) is 12.1 Å². The molecule has 0 unspecified atom stereocenters. The zero-order valence-electron chi connectivity index (χ0n) is 18.0. The number of sulfonamides is 1. The number of amides is 1. The van der Waals surface area contributed by atoms with Gasteiger partial charge >= 0.3 is 0 Å². The molecule has 1 heterocycles. The maximum atomic E-state index is 12.8. The quantitative estimate of drug-likeness (QED) is 0.578. The maximum Gasteiger partial charge on any atom is 0.264 e. The van der Waals surface area contributed by atoms with Gasteiger partial charge in [0.05, 0.1) is 4.90 Å². The molecule has 0 radical (unpaired) electrons. The van der Waals surface area contributed by atoms with Gasteiger partial charge in [-0.2, -0.15) is 0 Å². The first-order valence-corrected chi connectivity index (χ1v) is 11.3. The van der Waals surface area contributed by atoms with Crippen LogP contribution in [0, 0.1) is 19.3 Å². The molecule has 3 rings (SSSR count). The smallest absolute Gasteiger partial charge is 0.264 e. The molecule has 0 aliphatic heterocycles. The molecule has 0 bridgehead atoms. The van der Waals surface area contributed by atoms with E-state index in [1.54, 1.807) is 32.0 Å². The molecule has 7 nitrogen and oxygen atoms in total. The highest BCUT2D eigenvalue weighted by atomic mass is 32.2. The van der Waals surface area contributed by atoms with Crippen LogP contribution in [0.5, 0.6) is 0 Å². The summed E-state index contributed by atoms with van der Waals surface area (Å²) in [4.78, 5) is 21.0. The minimum Gasteiger partial charge on any atom is -0.326 e. The fraction of sp³-hybridized carbons (Fsp3) is 0.261. The van der Waals surface area contributed by atoms with Crippen LogP contribution >= 0.6 is 0 Å². The second-order valence-corrected chi connectivity index (χ2v) is 9.79. The van der Waals surface area contributed by atoms with Gasteiger partial charge < -0.3 is 5.32 Å². The molecule has 0 aliphatic rings. The Morgan fingerprint density at radius 2 is 1.52 bits per heavy atom. The van der Waals surface area contributed by atoms with Crippen molar-refractivity contribution < 1.29 is 13.2 Å². The summed E-state index contributed by atoms with van der Waals surface area (Å²) >= 11 is 0. The molecule has 3 aromatic rings. The molecular weight excluding hydrogens is 412 g/mol.